The zero-order chi connectivity index (χ0) is 11.4. The molecule has 0 aliphatic heterocycles. The minimum Gasteiger partial charge on any atom is -0.366 e. The monoisotopic (exact) mass is 239 g/mol. The summed E-state index contributed by atoms with van der Waals surface area (Å²) in [5, 5.41) is 4.07. The summed E-state index contributed by atoms with van der Waals surface area (Å²) in [6, 6.07) is 0.495. The van der Waals surface area contributed by atoms with Crippen molar-refractivity contribution in [2.75, 3.05) is 5.32 Å². The molecule has 0 saturated heterocycles. The molecule has 3 nitrogen and oxygen atoms in total. The second-order valence-electron chi connectivity index (χ2n) is 4.59. The van der Waals surface area contributed by atoms with Gasteiger partial charge in [0.25, 0.3) is 0 Å². The molecule has 1 aromatic heterocycles. The smallest absolute Gasteiger partial charge is 0.148 e. The van der Waals surface area contributed by atoms with Crippen LogP contribution in [-0.4, -0.2) is 16.0 Å². The molecule has 16 heavy (non-hydrogen) atoms. The number of nitrogens with zero attached hydrogens (tertiary/aromatic N) is 2. The summed E-state index contributed by atoms with van der Waals surface area (Å²) >= 11 is 6.04. The van der Waals surface area contributed by atoms with E-state index in [-0.39, 0.29) is 0 Å². The summed E-state index contributed by atoms with van der Waals surface area (Å²) in [6.45, 7) is 2.30. The van der Waals surface area contributed by atoms with Crippen molar-refractivity contribution in [3.63, 3.8) is 0 Å². The highest BCUT2D eigenvalue weighted by Gasteiger charge is 2.20. The molecule has 4 heteroatoms. The highest BCUT2D eigenvalue weighted by atomic mass is 35.5. The maximum atomic E-state index is 6.04. The van der Waals surface area contributed by atoms with Crippen LogP contribution in [0.25, 0.3) is 0 Å². The van der Waals surface area contributed by atoms with E-state index in [2.05, 4.69) is 22.2 Å². The third-order valence-corrected chi connectivity index (χ3v) is 3.63. The van der Waals surface area contributed by atoms with Crippen molar-refractivity contribution in [2.45, 2.75) is 45.1 Å². The lowest BCUT2D eigenvalue weighted by molar-refractivity contribution is 0.455. The summed E-state index contributed by atoms with van der Waals surface area (Å²) < 4.78 is 0. The molecule has 2 rings (SSSR count). The molecule has 0 bridgehead atoms. The Balaban J connectivity index is 2.05. The Kier molecular flexibility index (Phi) is 3.99. The van der Waals surface area contributed by atoms with Crippen molar-refractivity contribution in [2.24, 2.45) is 5.92 Å². The van der Waals surface area contributed by atoms with Crippen molar-refractivity contribution in [3.8, 4) is 0 Å². The van der Waals surface area contributed by atoms with Gasteiger partial charge in [0, 0.05) is 6.04 Å². The number of anilines is 1. The molecule has 1 fully saturated rings. The number of hydrogen-bond acceptors (Lipinski definition) is 3. The molecule has 0 spiro atoms. The minimum atomic E-state index is 0.495. The topological polar surface area (TPSA) is 37.8 Å². The van der Waals surface area contributed by atoms with Crippen molar-refractivity contribution in [3.05, 3.63) is 17.5 Å². The Morgan fingerprint density at radius 1 is 1.31 bits per heavy atom. The normalized spacial score (nSPS) is 26.1. The first-order valence-electron chi connectivity index (χ1n) is 5.99. The summed E-state index contributed by atoms with van der Waals surface area (Å²) in [4.78, 5) is 8.08. The van der Waals surface area contributed by atoms with E-state index in [1.807, 2.05) is 0 Å². The predicted molar refractivity (Wildman–Crippen MR) is 66.7 cm³/mol. The lowest BCUT2D eigenvalue weighted by atomic mass is 9.97. The number of nitrogens with one attached hydrogen (secondary N) is 1. The average molecular weight is 240 g/mol. The Bertz CT molecular complexity index is 343. The van der Waals surface area contributed by atoms with Gasteiger partial charge in [-0.25, -0.2) is 9.97 Å². The number of aromatic nitrogens is 2. The summed E-state index contributed by atoms with van der Waals surface area (Å²) in [5.74, 6) is 1.46. The van der Waals surface area contributed by atoms with Gasteiger partial charge in [0.2, 0.25) is 0 Å². The minimum absolute atomic E-state index is 0.495. The molecule has 1 N–H and O–H groups in total. The fraction of sp³-hybridized carbons (Fsp3) is 0.667. The van der Waals surface area contributed by atoms with Crippen molar-refractivity contribution in [1.82, 2.24) is 9.97 Å². The van der Waals surface area contributed by atoms with Crippen molar-refractivity contribution >= 4 is 17.4 Å². The molecule has 0 radical (unpaired) electrons. The highest BCUT2D eigenvalue weighted by Crippen LogP contribution is 2.27. The lowest BCUT2D eigenvalue weighted by Gasteiger charge is -2.23. The van der Waals surface area contributed by atoms with E-state index in [9.17, 15) is 0 Å². The van der Waals surface area contributed by atoms with Gasteiger partial charge in [0.05, 0.1) is 6.20 Å². The summed E-state index contributed by atoms with van der Waals surface area (Å²) in [6.07, 6.45) is 9.66. The molecule has 1 heterocycles. The van der Waals surface area contributed by atoms with E-state index in [4.69, 9.17) is 11.6 Å². The Labute approximate surface area is 102 Å². The van der Waals surface area contributed by atoms with Gasteiger partial charge in [0.15, 0.2) is 0 Å². The third-order valence-electron chi connectivity index (χ3n) is 3.35. The van der Waals surface area contributed by atoms with Crippen LogP contribution in [0.4, 0.5) is 5.82 Å². The van der Waals surface area contributed by atoms with E-state index in [1.165, 1.54) is 38.4 Å². The maximum Gasteiger partial charge on any atom is 0.148 e. The van der Waals surface area contributed by atoms with Crippen LogP contribution in [0.15, 0.2) is 12.5 Å². The summed E-state index contributed by atoms with van der Waals surface area (Å²) in [5.41, 5.74) is 0. The van der Waals surface area contributed by atoms with Crippen LogP contribution in [0.2, 0.25) is 5.02 Å². The van der Waals surface area contributed by atoms with Crippen LogP contribution in [0, 0.1) is 5.92 Å². The second-order valence-corrected chi connectivity index (χ2v) is 4.99. The zero-order valence-corrected chi connectivity index (χ0v) is 10.4. The standard InChI is InChI=1S/C12H18ClN3/c1-9-5-3-2-4-6-11(9)16-12-10(13)7-14-8-15-12/h7-9,11H,2-6H2,1H3,(H,14,15,16). The van der Waals surface area contributed by atoms with E-state index in [1.54, 1.807) is 6.20 Å². The first-order chi connectivity index (χ1) is 7.77. The number of hydrogen-bond donors (Lipinski definition) is 1. The number of halogens is 1. The van der Waals surface area contributed by atoms with Gasteiger partial charge in [-0.3, -0.25) is 0 Å². The average Bonchev–Trinajstić information content (AvgIpc) is 2.48. The maximum absolute atomic E-state index is 6.04. The molecule has 1 aromatic rings. The van der Waals surface area contributed by atoms with Crippen LogP contribution in [0.1, 0.15) is 39.0 Å². The molecule has 1 aliphatic rings. The zero-order valence-electron chi connectivity index (χ0n) is 9.62. The Morgan fingerprint density at radius 2 is 2.12 bits per heavy atom. The van der Waals surface area contributed by atoms with Crippen LogP contribution in [-0.2, 0) is 0 Å². The van der Waals surface area contributed by atoms with Gasteiger partial charge in [-0.05, 0) is 18.8 Å². The van der Waals surface area contributed by atoms with Gasteiger partial charge < -0.3 is 5.32 Å². The van der Waals surface area contributed by atoms with Crippen molar-refractivity contribution in [1.29, 1.82) is 0 Å². The van der Waals surface area contributed by atoms with E-state index < -0.39 is 0 Å². The number of rotatable bonds is 2. The molecule has 2 unspecified atom stereocenters. The van der Waals surface area contributed by atoms with Crippen LogP contribution >= 0.6 is 11.6 Å². The lowest BCUT2D eigenvalue weighted by Crippen LogP contribution is -2.26. The molecule has 0 amide bonds. The van der Waals surface area contributed by atoms with Gasteiger partial charge in [-0.2, -0.15) is 0 Å². The Morgan fingerprint density at radius 3 is 2.94 bits per heavy atom. The molecule has 0 aromatic carbocycles. The van der Waals surface area contributed by atoms with Crippen LogP contribution in [0.3, 0.4) is 0 Å². The van der Waals surface area contributed by atoms with E-state index >= 15 is 0 Å². The predicted octanol–water partition coefficient (Wildman–Crippen LogP) is 3.51. The second kappa shape index (κ2) is 5.48. The van der Waals surface area contributed by atoms with E-state index in [0.717, 1.165) is 5.82 Å². The van der Waals surface area contributed by atoms with Gasteiger partial charge in [-0.15, -0.1) is 0 Å². The molecule has 2 atom stereocenters. The van der Waals surface area contributed by atoms with Gasteiger partial charge >= 0.3 is 0 Å². The largest absolute Gasteiger partial charge is 0.366 e. The molecular weight excluding hydrogens is 222 g/mol. The van der Waals surface area contributed by atoms with Gasteiger partial charge in [-0.1, -0.05) is 37.8 Å². The fourth-order valence-corrected chi connectivity index (χ4v) is 2.46. The summed E-state index contributed by atoms with van der Waals surface area (Å²) in [7, 11) is 0. The van der Waals surface area contributed by atoms with E-state index in [0.29, 0.717) is 17.0 Å². The molecule has 1 saturated carbocycles. The van der Waals surface area contributed by atoms with Crippen LogP contribution in [0.5, 0.6) is 0 Å². The first kappa shape index (κ1) is 11.6. The molecular formula is C12H18ClN3. The Hall–Kier alpha value is -0.830. The molecule has 1 aliphatic carbocycles. The van der Waals surface area contributed by atoms with Crippen molar-refractivity contribution < 1.29 is 0 Å². The highest BCUT2D eigenvalue weighted by molar-refractivity contribution is 6.32. The van der Waals surface area contributed by atoms with Gasteiger partial charge in [0.1, 0.15) is 17.2 Å². The fourth-order valence-electron chi connectivity index (χ4n) is 2.30. The first-order valence-corrected chi connectivity index (χ1v) is 6.37. The SMILES string of the molecule is CC1CCCCCC1Nc1ncncc1Cl. The molecule has 88 valence electrons. The quantitative estimate of drug-likeness (QED) is 0.803. The van der Waals surface area contributed by atoms with Crippen LogP contribution < -0.4 is 5.32 Å². The third kappa shape index (κ3) is 2.85.